The van der Waals surface area contributed by atoms with Crippen molar-refractivity contribution in [3.63, 3.8) is 0 Å². The summed E-state index contributed by atoms with van der Waals surface area (Å²) in [5.41, 5.74) is 0.453. The number of rotatable bonds is 6. The Morgan fingerprint density at radius 1 is 1.50 bits per heavy atom. The van der Waals surface area contributed by atoms with Gasteiger partial charge in [0.05, 0.1) is 12.3 Å². The molecule has 0 aromatic carbocycles. The number of nitrogens with one attached hydrogen (secondary N) is 1. The van der Waals surface area contributed by atoms with Crippen LogP contribution < -0.4 is 5.56 Å². The predicted octanol–water partition coefficient (Wildman–Crippen LogP) is 1.40. The maximum Gasteiger partial charge on any atom is 0.251 e. The highest BCUT2D eigenvalue weighted by Crippen LogP contribution is 2.17. The quantitative estimate of drug-likeness (QED) is 0.796. The van der Waals surface area contributed by atoms with Crippen LogP contribution in [0.4, 0.5) is 0 Å². The molecule has 0 bridgehead atoms. The van der Waals surface area contributed by atoms with E-state index in [0.717, 1.165) is 12.8 Å². The van der Waals surface area contributed by atoms with Gasteiger partial charge in [-0.05, 0) is 6.42 Å². The SMILES string of the molecule is CCCC(OC)c1nc(COC)cc(=O)[nH]1. The van der Waals surface area contributed by atoms with Crippen molar-refractivity contribution in [2.24, 2.45) is 0 Å². The summed E-state index contributed by atoms with van der Waals surface area (Å²) in [4.78, 5) is 18.4. The van der Waals surface area contributed by atoms with Gasteiger partial charge in [0.2, 0.25) is 0 Å². The van der Waals surface area contributed by atoms with Gasteiger partial charge in [-0.3, -0.25) is 4.79 Å². The molecule has 0 saturated heterocycles. The van der Waals surface area contributed by atoms with Crippen LogP contribution in [0.5, 0.6) is 0 Å². The van der Waals surface area contributed by atoms with Gasteiger partial charge >= 0.3 is 0 Å². The minimum atomic E-state index is -0.171. The van der Waals surface area contributed by atoms with Gasteiger partial charge in [0.1, 0.15) is 11.9 Å². The molecule has 5 heteroatoms. The van der Waals surface area contributed by atoms with Crippen molar-refractivity contribution >= 4 is 0 Å². The normalized spacial score (nSPS) is 12.7. The van der Waals surface area contributed by atoms with Crippen LogP contribution >= 0.6 is 0 Å². The Balaban J connectivity index is 2.97. The van der Waals surface area contributed by atoms with E-state index in [2.05, 4.69) is 16.9 Å². The number of H-pyrrole nitrogens is 1. The van der Waals surface area contributed by atoms with Crippen molar-refractivity contribution in [1.82, 2.24) is 9.97 Å². The van der Waals surface area contributed by atoms with Crippen molar-refractivity contribution in [3.05, 3.63) is 27.9 Å². The van der Waals surface area contributed by atoms with E-state index in [1.54, 1.807) is 14.2 Å². The molecule has 1 aromatic heterocycles. The molecule has 0 aliphatic carbocycles. The molecule has 0 amide bonds. The Labute approximate surface area is 94.8 Å². The summed E-state index contributed by atoms with van der Waals surface area (Å²) in [5, 5.41) is 0. The van der Waals surface area contributed by atoms with Crippen LogP contribution in [0.3, 0.4) is 0 Å². The highest BCUT2D eigenvalue weighted by atomic mass is 16.5. The molecule has 1 heterocycles. The van der Waals surface area contributed by atoms with Crippen molar-refractivity contribution in [2.75, 3.05) is 14.2 Å². The van der Waals surface area contributed by atoms with Gasteiger partial charge in [0, 0.05) is 20.3 Å². The number of aromatic amines is 1. The number of ether oxygens (including phenoxy) is 2. The first kappa shape index (κ1) is 12.9. The fraction of sp³-hybridized carbons (Fsp3) is 0.636. The lowest BCUT2D eigenvalue weighted by atomic mass is 10.2. The van der Waals surface area contributed by atoms with E-state index in [1.165, 1.54) is 6.07 Å². The Hall–Kier alpha value is -1.20. The van der Waals surface area contributed by atoms with E-state index in [1.807, 2.05) is 0 Å². The fourth-order valence-electron chi connectivity index (χ4n) is 1.53. The van der Waals surface area contributed by atoms with Gasteiger partial charge in [0.25, 0.3) is 5.56 Å². The van der Waals surface area contributed by atoms with E-state index in [4.69, 9.17) is 9.47 Å². The molecule has 1 N–H and O–H groups in total. The molecule has 0 aliphatic heterocycles. The second kappa shape index (κ2) is 6.40. The van der Waals surface area contributed by atoms with Crippen molar-refractivity contribution in [3.8, 4) is 0 Å². The van der Waals surface area contributed by atoms with E-state index >= 15 is 0 Å². The first-order valence-corrected chi connectivity index (χ1v) is 5.33. The van der Waals surface area contributed by atoms with Crippen LogP contribution in [0.25, 0.3) is 0 Å². The summed E-state index contributed by atoms with van der Waals surface area (Å²) in [6.07, 6.45) is 1.64. The van der Waals surface area contributed by atoms with Crippen molar-refractivity contribution in [2.45, 2.75) is 32.5 Å². The van der Waals surface area contributed by atoms with Crippen LogP contribution in [0.15, 0.2) is 10.9 Å². The highest BCUT2D eigenvalue weighted by Gasteiger charge is 2.13. The number of methoxy groups -OCH3 is 2. The van der Waals surface area contributed by atoms with E-state index in [9.17, 15) is 4.79 Å². The van der Waals surface area contributed by atoms with Gasteiger partial charge in [-0.15, -0.1) is 0 Å². The first-order chi connectivity index (χ1) is 7.71. The number of hydrogen-bond donors (Lipinski definition) is 1. The molecule has 16 heavy (non-hydrogen) atoms. The molecule has 1 atom stereocenters. The summed E-state index contributed by atoms with van der Waals surface area (Å²) in [6.45, 7) is 2.39. The van der Waals surface area contributed by atoms with Gasteiger partial charge in [0.15, 0.2) is 0 Å². The molecule has 1 rings (SSSR count). The van der Waals surface area contributed by atoms with Crippen LogP contribution in [0, 0.1) is 0 Å². The smallest absolute Gasteiger partial charge is 0.251 e. The zero-order chi connectivity index (χ0) is 12.0. The van der Waals surface area contributed by atoms with E-state index in [-0.39, 0.29) is 11.7 Å². The Bertz CT molecular complexity index is 376. The second-order valence-electron chi connectivity index (χ2n) is 3.57. The second-order valence-corrected chi connectivity index (χ2v) is 3.57. The summed E-state index contributed by atoms with van der Waals surface area (Å²) >= 11 is 0. The molecule has 0 radical (unpaired) electrons. The summed E-state index contributed by atoms with van der Waals surface area (Å²) in [6, 6.07) is 1.44. The standard InChI is InChI=1S/C11H18N2O3/c1-4-5-9(16-3)11-12-8(7-15-2)6-10(14)13-11/h6,9H,4-5,7H2,1-3H3,(H,12,13,14). The summed E-state index contributed by atoms with van der Waals surface area (Å²) in [5.74, 6) is 0.573. The van der Waals surface area contributed by atoms with Gasteiger partial charge < -0.3 is 14.5 Å². The molecule has 0 fully saturated rings. The highest BCUT2D eigenvalue weighted by molar-refractivity contribution is 5.03. The minimum Gasteiger partial charge on any atom is -0.378 e. The lowest BCUT2D eigenvalue weighted by Crippen LogP contribution is -2.17. The maximum absolute atomic E-state index is 11.4. The van der Waals surface area contributed by atoms with Crippen molar-refractivity contribution < 1.29 is 9.47 Å². The monoisotopic (exact) mass is 226 g/mol. The summed E-state index contributed by atoms with van der Waals surface area (Å²) < 4.78 is 10.2. The average molecular weight is 226 g/mol. The predicted molar refractivity (Wildman–Crippen MR) is 60.2 cm³/mol. The molecular weight excluding hydrogens is 208 g/mol. The van der Waals surface area contributed by atoms with Gasteiger partial charge in [-0.2, -0.15) is 0 Å². The van der Waals surface area contributed by atoms with Gasteiger partial charge in [-0.25, -0.2) is 4.98 Å². The summed E-state index contributed by atoms with van der Waals surface area (Å²) in [7, 11) is 3.19. The van der Waals surface area contributed by atoms with Crippen LogP contribution in [-0.4, -0.2) is 24.2 Å². The largest absolute Gasteiger partial charge is 0.378 e. The maximum atomic E-state index is 11.4. The van der Waals surface area contributed by atoms with Crippen LogP contribution in [-0.2, 0) is 16.1 Å². The van der Waals surface area contributed by atoms with Gasteiger partial charge in [-0.1, -0.05) is 13.3 Å². The van der Waals surface area contributed by atoms with E-state index < -0.39 is 0 Å². The fourth-order valence-corrected chi connectivity index (χ4v) is 1.53. The molecule has 90 valence electrons. The lowest BCUT2D eigenvalue weighted by molar-refractivity contribution is 0.0865. The zero-order valence-corrected chi connectivity index (χ0v) is 9.95. The molecular formula is C11H18N2O3. The Morgan fingerprint density at radius 3 is 2.81 bits per heavy atom. The number of nitrogens with zero attached hydrogens (tertiary/aromatic N) is 1. The molecule has 0 saturated carbocycles. The molecule has 0 aliphatic rings. The first-order valence-electron chi connectivity index (χ1n) is 5.33. The molecule has 5 nitrogen and oxygen atoms in total. The van der Waals surface area contributed by atoms with Crippen molar-refractivity contribution in [1.29, 1.82) is 0 Å². The topological polar surface area (TPSA) is 64.2 Å². The zero-order valence-electron chi connectivity index (χ0n) is 9.95. The third-order valence-corrected chi connectivity index (χ3v) is 2.25. The third kappa shape index (κ3) is 3.43. The molecule has 1 unspecified atom stereocenters. The molecule has 1 aromatic rings. The Morgan fingerprint density at radius 2 is 2.25 bits per heavy atom. The molecule has 0 spiro atoms. The lowest BCUT2D eigenvalue weighted by Gasteiger charge is -2.13. The number of aromatic nitrogens is 2. The average Bonchev–Trinajstić information content (AvgIpc) is 2.25. The third-order valence-electron chi connectivity index (χ3n) is 2.25. The van der Waals surface area contributed by atoms with Crippen LogP contribution in [0.1, 0.15) is 37.4 Å². The minimum absolute atomic E-state index is 0.158. The van der Waals surface area contributed by atoms with Crippen LogP contribution in [0.2, 0.25) is 0 Å². The Kier molecular flexibility index (Phi) is 5.14. The van der Waals surface area contributed by atoms with E-state index in [0.29, 0.717) is 18.1 Å². The number of hydrogen-bond acceptors (Lipinski definition) is 4.